The molecule has 116 valence electrons. The molecule has 1 heterocycles. The lowest BCUT2D eigenvalue weighted by atomic mass is 9.90. The largest absolute Gasteiger partial charge is 0.297 e. The van der Waals surface area contributed by atoms with Crippen molar-refractivity contribution in [3.8, 4) is 0 Å². The lowest BCUT2D eigenvalue weighted by molar-refractivity contribution is 0.0866. The summed E-state index contributed by atoms with van der Waals surface area (Å²) in [5.41, 5.74) is 3.98. The molecule has 0 amide bonds. The first-order chi connectivity index (χ1) is 9.31. The Hall–Kier alpha value is -0.430. The Morgan fingerprint density at radius 2 is 1.95 bits per heavy atom. The summed E-state index contributed by atoms with van der Waals surface area (Å²) < 4.78 is 3.02. The van der Waals surface area contributed by atoms with Gasteiger partial charge in [0.15, 0.2) is 0 Å². The second-order valence-corrected chi connectivity index (χ2v) is 6.70. The molecule has 1 unspecified atom stereocenters. The third-order valence-electron chi connectivity index (χ3n) is 4.00. The van der Waals surface area contributed by atoms with E-state index in [1.807, 2.05) is 10.9 Å². The van der Waals surface area contributed by atoms with Gasteiger partial charge in [-0.1, -0.05) is 13.8 Å². The molecule has 0 aromatic carbocycles. The van der Waals surface area contributed by atoms with Crippen LogP contribution in [0.4, 0.5) is 0 Å². The van der Waals surface area contributed by atoms with Crippen LogP contribution in [-0.4, -0.2) is 33.3 Å². The van der Waals surface area contributed by atoms with Gasteiger partial charge in [-0.3, -0.25) is 15.4 Å². The van der Waals surface area contributed by atoms with E-state index in [-0.39, 0.29) is 11.6 Å². The molecule has 0 aliphatic rings. The van der Waals surface area contributed by atoms with E-state index >= 15 is 0 Å². The van der Waals surface area contributed by atoms with Crippen LogP contribution in [0.2, 0.25) is 0 Å². The van der Waals surface area contributed by atoms with E-state index in [0.717, 1.165) is 23.3 Å². The molecule has 0 aliphatic heterocycles. The number of hydrazine groups is 1. The number of nitrogens with zero attached hydrogens (tertiary/aromatic N) is 3. The summed E-state index contributed by atoms with van der Waals surface area (Å²) in [4.78, 5) is 2.40. The predicted molar refractivity (Wildman–Crippen MR) is 87.4 cm³/mol. The topological polar surface area (TPSA) is 59.1 Å². The van der Waals surface area contributed by atoms with E-state index in [1.165, 1.54) is 0 Å². The number of nitrogens with one attached hydrogen (secondary N) is 1. The van der Waals surface area contributed by atoms with Crippen molar-refractivity contribution in [2.75, 3.05) is 13.1 Å². The van der Waals surface area contributed by atoms with Crippen molar-refractivity contribution >= 4 is 15.9 Å². The van der Waals surface area contributed by atoms with Gasteiger partial charge in [0.1, 0.15) is 0 Å². The van der Waals surface area contributed by atoms with Gasteiger partial charge in [-0.05, 0) is 56.7 Å². The zero-order chi connectivity index (χ0) is 15.5. The van der Waals surface area contributed by atoms with Crippen LogP contribution in [0, 0.1) is 0 Å². The van der Waals surface area contributed by atoms with Crippen LogP contribution in [0.25, 0.3) is 0 Å². The third-order valence-corrected chi connectivity index (χ3v) is 4.61. The van der Waals surface area contributed by atoms with E-state index in [9.17, 15) is 0 Å². The van der Waals surface area contributed by atoms with Gasteiger partial charge in [-0.15, -0.1) is 0 Å². The molecule has 6 heteroatoms. The number of nitrogens with two attached hydrogens (primary N) is 1. The summed E-state index contributed by atoms with van der Waals surface area (Å²) in [5, 5.41) is 4.46. The first-order valence-corrected chi connectivity index (χ1v) is 8.04. The average Bonchev–Trinajstić information content (AvgIpc) is 2.73. The van der Waals surface area contributed by atoms with Crippen LogP contribution in [-0.2, 0) is 0 Å². The molecule has 1 atom stereocenters. The highest BCUT2D eigenvalue weighted by Gasteiger charge is 2.38. The molecule has 1 aromatic rings. The molecule has 0 saturated carbocycles. The Balaban J connectivity index is 3.29. The highest BCUT2D eigenvalue weighted by atomic mass is 79.9. The zero-order valence-electron chi connectivity index (χ0n) is 13.4. The van der Waals surface area contributed by atoms with E-state index in [1.54, 1.807) is 0 Å². The minimum Gasteiger partial charge on any atom is -0.297 e. The van der Waals surface area contributed by atoms with Gasteiger partial charge in [-0.25, -0.2) is 5.43 Å². The monoisotopic (exact) mass is 345 g/mol. The third kappa shape index (κ3) is 3.24. The van der Waals surface area contributed by atoms with Gasteiger partial charge in [0.05, 0.1) is 22.4 Å². The Bertz CT molecular complexity index is 423. The molecule has 1 aromatic heterocycles. The molecular weight excluding hydrogens is 318 g/mol. The second-order valence-electron chi connectivity index (χ2n) is 5.84. The summed E-state index contributed by atoms with van der Waals surface area (Å²) in [5.74, 6) is 5.90. The Morgan fingerprint density at radius 1 is 1.40 bits per heavy atom. The quantitative estimate of drug-likeness (QED) is 0.589. The van der Waals surface area contributed by atoms with E-state index in [0.29, 0.717) is 6.04 Å². The number of rotatable bonds is 7. The van der Waals surface area contributed by atoms with Crippen LogP contribution in [0.5, 0.6) is 0 Å². The van der Waals surface area contributed by atoms with E-state index in [2.05, 4.69) is 72.9 Å². The van der Waals surface area contributed by atoms with Gasteiger partial charge >= 0.3 is 0 Å². The SMILES string of the molecule is CCN(CC)C(C)(C)C(NN)c1c(Br)cnn1C(C)C. The molecule has 3 N–H and O–H groups in total. The van der Waals surface area contributed by atoms with E-state index in [4.69, 9.17) is 5.84 Å². The fourth-order valence-corrected chi connectivity index (χ4v) is 3.37. The van der Waals surface area contributed by atoms with Crippen molar-refractivity contribution in [1.29, 1.82) is 0 Å². The molecule has 0 aliphatic carbocycles. The van der Waals surface area contributed by atoms with Gasteiger partial charge in [0.25, 0.3) is 0 Å². The Morgan fingerprint density at radius 3 is 2.35 bits per heavy atom. The predicted octanol–water partition coefficient (Wildman–Crippen LogP) is 2.85. The summed E-state index contributed by atoms with van der Waals surface area (Å²) in [6.45, 7) is 15.0. The number of aromatic nitrogens is 2. The smallest absolute Gasteiger partial charge is 0.0818 e. The lowest BCUT2D eigenvalue weighted by Gasteiger charge is -2.43. The molecule has 0 fully saturated rings. The Labute approximate surface area is 131 Å². The van der Waals surface area contributed by atoms with Crippen LogP contribution in [0.3, 0.4) is 0 Å². The summed E-state index contributed by atoms with van der Waals surface area (Å²) in [6, 6.07) is 0.279. The number of hydrogen-bond acceptors (Lipinski definition) is 4. The first-order valence-electron chi connectivity index (χ1n) is 7.25. The summed E-state index contributed by atoms with van der Waals surface area (Å²) >= 11 is 3.61. The van der Waals surface area contributed by atoms with Gasteiger partial charge < -0.3 is 0 Å². The molecule has 0 bridgehead atoms. The van der Waals surface area contributed by atoms with Crippen molar-refractivity contribution in [2.24, 2.45) is 5.84 Å². The van der Waals surface area contributed by atoms with Crippen LogP contribution >= 0.6 is 15.9 Å². The van der Waals surface area contributed by atoms with Crippen LogP contribution in [0.1, 0.15) is 59.3 Å². The minimum absolute atomic E-state index is 0.0123. The van der Waals surface area contributed by atoms with Crippen molar-refractivity contribution in [3.05, 3.63) is 16.4 Å². The van der Waals surface area contributed by atoms with Crippen molar-refractivity contribution < 1.29 is 0 Å². The first kappa shape index (κ1) is 17.6. The van der Waals surface area contributed by atoms with Crippen LogP contribution in [0.15, 0.2) is 10.7 Å². The van der Waals surface area contributed by atoms with Gasteiger partial charge in [0, 0.05) is 11.6 Å². The molecule has 0 saturated heterocycles. The molecule has 0 radical (unpaired) electrons. The molecular formula is C14H28BrN5. The molecule has 1 rings (SSSR count). The minimum atomic E-state index is -0.118. The fraction of sp³-hybridized carbons (Fsp3) is 0.786. The number of halogens is 1. The van der Waals surface area contributed by atoms with Crippen molar-refractivity contribution in [1.82, 2.24) is 20.1 Å². The Kier molecular flexibility index (Phi) is 6.19. The van der Waals surface area contributed by atoms with Crippen molar-refractivity contribution in [2.45, 2.75) is 59.2 Å². The lowest BCUT2D eigenvalue weighted by Crippen LogP contribution is -2.54. The maximum Gasteiger partial charge on any atom is 0.0818 e. The highest BCUT2D eigenvalue weighted by Crippen LogP contribution is 2.35. The zero-order valence-corrected chi connectivity index (χ0v) is 15.0. The molecule has 0 spiro atoms. The number of hydrogen-bond donors (Lipinski definition) is 2. The second kappa shape index (κ2) is 7.02. The summed E-state index contributed by atoms with van der Waals surface area (Å²) in [7, 11) is 0. The maximum absolute atomic E-state index is 5.90. The average molecular weight is 346 g/mol. The van der Waals surface area contributed by atoms with Gasteiger partial charge in [0.2, 0.25) is 0 Å². The fourth-order valence-electron chi connectivity index (χ4n) is 2.87. The standard InChI is InChI=1S/C14H28BrN5/c1-7-19(8-2)14(5,6)13(18-16)12-11(15)9-17-20(12)10(3)4/h9-10,13,18H,7-8,16H2,1-6H3. The normalized spacial score (nSPS) is 14.3. The van der Waals surface area contributed by atoms with Crippen LogP contribution < -0.4 is 11.3 Å². The maximum atomic E-state index is 5.90. The molecule has 5 nitrogen and oxygen atoms in total. The molecule has 20 heavy (non-hydrogen) atoms. The highest BCUT2D eigenvalue weighted by molar-refractivity contribution is 9.10. The number of likely N-dealkylation sites (N-methyl/N-ethyl adjacent to an activating group) is 1. The van der Waals surface area contributed by atoms with Crippen molar-refractivity contribution in [3.63, 3.8) is 0 Å². The summed E-state index contributed by atoms with van der Waals surface area (Å²) in [6.07, 6.45) is 1.85. The van der Waals surface area contributed by atoms with E-state index < -0.39 is 0 Å². The van der Waals surface area contributed by atoms with Gasteiger partial charge in [-0.2, -0.15) is 5.10 Å².